The fraction of sp³-hybridized carbons (Fsp3) is 0.0769. The zero-order valence-electron chi connectivity index (χ0n) is 10.1. The highest BCUT2D eigenvalue weighted by Gasteiger charge is 2.30. The number of nitrogens with one attached hydrogen (secondary N) is 1. The smallest absolute Gasteiger partial charge is 0.388 e. The predicted molar refractivity (Wildman–Crippen MR) is 74.9 cm³/mol. The van der Waals surface area contributed by atoms with Crippen LogP contribution in [0.5, 0.6) is 0 Å². The Morgan fingerprint density at radius 2 is 1.85 bits per heavy atom. The Bertz CT molecular complexity index is 641. The Balaban J connectivity index is 2.26. The first-order chi connectivity index (χ1) is 9.36. The van der Waals surface area contributed by atoms with Gasteiger partial charge in [-0.05, 0) is 30.3 Å². The van der Waals surface area contributed by atoms with Gasteiger partial charge in [-0.3, -0.25) is 0 Å². The lowest BCUT2D eigenvalue weighted by Gasteiger charge is -2.10. The third-order valence-electron chi connectivity index (χ3n) is 2.46. The molecular weight excluding hydrogens is 287 g/mol. The van der Waals surface area contributed by atoms with Gasteiger partial charge >= 0.3 is 6.18 Å². The van der Waals surface area contributed by atoms with E-state index in [-0.39, 0.29) is 10.7 Å². The number of nitrogens with two attached hydrogens (primary N) is 1. The van der Waals surface area contributed by atoms with E-state index in [1.807, 2.05) is 0 Å². The lowest BCUT2D eigenvalue weighted by molar-refractivity contribution is -0.137. The van der Waals surface area contributed by atoms with Crippen LogP contribution in [0.1, 0.15) is 11.3 Å². The molecule has 0 aliphatic heterocycles. The van der Waals surface area contributed by atoms with Crippen LogP contribution in [0.25, 0.3) is 0 Å². The molecule has 0 saturated carbocycles. The predicted octanol–water partition coefficient (Wildman–Crippen LogP) is 3.48. The molecule has 3 nitrogen and oxygen atoms in total. The van der Waals surface area contributed by atoms with Crippen LogP contribution in [0.15, 0.2) is 42.5 Å². The molecule has 1 aromatic heterocycles. The van der Waals surface area contributed by atoms with Crippen molar-refractivity contribution in [3.8, 4) is 0 Å². The number of halogens is 3. The van der Waals surface area contributed by atoms with E-state index in [1.54, 1.807) is 18.2 Å². The SMILES string of the molecule is NC(=S)c1cccc(Nc2cccc(C(F)(F)F)c2)n1. The van der Waals surface area contributed by atoms with Crippen LogP contribution in [0, 0.1) is 0 Å². The molecule has 0 amide bonds. The number of rotatable bonds is 3. The molecule has 0 aliphatic carbocycles. The number of anilines is 2. The summed E-state index contributed by atoms with van der Waals surface area (Å²) >= 11 is 4.79. The summed E-state index contributed by atoms with van der Waals surface area (Å²) in [4.78, 5) is 4.22. The van der Waals surface area contributed by atoms with Crippen molar-refractivity contribution < 1.29 is 13.2 Å². The summed E-state index contributed by atoms with van der Waals surface area (Å²) in [6.45, 7) is 0. The van der Waals surface area contributed by atoms with Crippen LogP contribution < -0.4 is 11.1 Å². The molecule has 2 aromatic rings. The molecule has 0 saturated heterocycles. The highest BCUT2D eigenvalue weighted by molar-refractivity contribution is 7.80. The molecule has 3 N–H and O–H groups in total. The van der Waals surface area contributed by atoms with Crippen LogP contribution in [0.4, 0.5) is 24.7 Å². The molecule has 1 aromatic carbocycles. The van der Waals surface area contributed by atoms with Crippen molar-refractivity contribution in [1.29, 1.82) is 0 Å². The summed E-state index contributed by atoms with van der Waals surface area (Å²) in [7, 11) is 0. The van der Waals surface area contributed by atoms with Gasteiger partial charge in [0.05, 0.1) is 11.3 Å². The number of pyridine rings is 1. The molecule has 20 heavy (non-hydrogen) atoms. The van der Waals surface area contributed by atoms with E-state index in [0.717, 1.165) is 12.1 Å². The summed E-state index contributed by atoms with van der Waals surface area (Å²) in [6.07, 6.45) is -4.38. The third kappa shape index (κ3) is 3.45. The lowest BCUT2D eigenvalue weighted by Crippen LogP contribution is -2.12. The maximum absolute atomic E-state index is 12.6. The van der Waals surface area contributed by atoms with Gasteiger partial charge in [-0.25, -0.2) is 4.98 Å². The molecule has 1 heterocycles. The van der Waals surface area contributed by atoms with Gasteiger partial charge in [-0.2, -0.15) is 13.2 Å². The molecule has 104 valence electrons. The molecule has 0 unspecified atom stereocenters. The first-order valence-corrected chi connectivity index (χ1v) is 5.98. The van der Waals surface area contributed by atoms with E-state index in [4.69, 9.17) is 18.0 Å². The number of thiocarbonyl (C=S) groups is 1. The monoisotopic (exact) mass is 297 g/mol. The van der Waals surface area contributed by atoms with Crippen LogP contribution in [-0.4, -0.2) is 9.97 Å². The van der Waals surface area contributed by atoms with Gasteiger partial charge in [0.2, 0.25) is 0 Å². The Kier molecular flexibility index (Phi) is 3.89. The minimum atomic E-state index is -4.38. The summed E-state index contributed by atoms with van der Waals surface area (Å²) in [5, 5.41) is 2.79. The second-order valence-corrected chi connectivity index (χ2v) is 4.42. The number of hydrogen-bond donors (Lipinski definition) is 2. The van der Waals surface area contributed by atoms with Gasteiger partial charge in [0.25, 0.3) is 0 Å². The minimum Gasteiger partial charge on any atom is -0.388 e. The average Bonchev–Trinajstić information content (AvgIpc) is 2.38. The second kappa shape index (κ2) is 5.46. The Morgan fingerprint density at radius 1 is 1.15 bits per heavy atom. The van der Waals surface area contributed by atoms with E-state index in [9.17, 15) is 13.2 Å². The molecule has 7 heteroatoms. The molecule has 0 spiro atoms. The Hall–Kier alpha value is -2.15. The zero-order chi connectivity index (χ0) is 14.8. The molecule has 0 bridgehead atoms. The minimum absolute atomic E-state index is 0.123. The van der Waals surface area contributed by atoms with Crippen LogP contribution in [0.2, 0.25) is 0 Å². The van der Waals surface area contributed by atoms with Crippen molar-refractivity contribution in [3.05, 3.63) is 53.7 Å². The molecule has 0 atom stereocenters. The van der Waals surface area contributed by atoms with Crippen molar-refractivity contribution in [2.45, 2.75) is 6.18 Å². The summed E-state index contributed by atoms with van der Waals surface area (Å²) in [6, 6.07) is 9.76. The fourth-order valence-electron chi connectivity index (χ4n) is 1.56. The zero-order valence-corrected chi connectivity index (χ0v) is 10.9. The fourth-order valence-corrected chi connectivity index (χ4v) is 1.68. The maximum Gasteiger partial charge on any atom is 0.416 e. The van der Waals surface area contributed by atoms with Gasteiger partial charge in [0, 0.05) is 5.69 Å². The van der Waals surface area contributed by atoms with Crippen molar-refractivity contribution in [3.63, 3.8) is 0 Å². The Morgan fingerprint density at radius 3 is 2.50 bits per heavy atom. The van der Waals surface area contributed by atoms with E-state index < -0.39 is 11.7 Å². The van der Waals surface area contributed by atoms with Gasteiger partial charge in [-0.15, -0.1) is 0 Å². The molecule has 2 rings (SSSR count). The number of benzene rings is 1. The van der Waals surface area contributed by atoms with E-state index in [1.165, 1.54) is 12.1 Å². The molecule has 0 radical (unpaired) electrons. The lowest BCUT2D eigenvalue weighted by atomic mass is 10.2. The van der Waals surface area contributed by atoms with E-state index in [0.29, 0.717) is 11.5 Å². The largest absolute Gasteiger partial charge is 0.416 e. The first kappa shape index (κ1) is 14.3. The highest BCUT2D eigenvalue weighted by Crippen LogP contribution is 2.31. The van der Waals surface area contributed by atoms with Crippen LogP contribution >= 0.6 is 12.2 Å². The number of nitrogens with zero attached hydrogens (tertiary/aromatic N) is 1. The van der Waals surface area contributed by atoms with Crippen LogP contribution in [-0.2, 0) is 6.18 Å². The highest BCUT2D eigenvalue weighted by atomic mass is 32.1. The standard InChI is InChI=1S/C13H10F3N3S/c14-13(15,16)8-3-1-4-9(7-8)18-11-6-2-5-10(19-11)12(17)20/h1-7H,(H2,17,20)(H,18,19). The van der Waals surface area contributed by atoms with Gasteiger partial charge < -0.3 is 11.1 Å². The van der Waals surface area contributed by atoms with Crippen molar-refractivity contribution in [1.82, 2.24) is 4.98 Å². The maximum atomic E-state index is 12.6. The number of hydrogen-bond acceptors (Lipinski definition) is 3. The average molecular weight is 297 g/mol. The van der Waals surface area contributed by atoms with Gasteiger partial charge in [0.1, 0.15) is 10.8 Å². The topological polar surface area (TPSA) is 50.9 Å². The van der Waals surface area contributed by atoms with Crippen LogP contribution in [0.3, 0.4) is 0 Å². The van der Waals surface area contributed by atoms with E-state index in [2.05, 4.69) is 10.3 Å². The molecule has 0 fully saturated rings. The molecular formula is C13H10F3N3S. The quantitative estimate of drug-likeness (QED) is 0.852. The van der Waals surface area contributed by atoms with E-state index >= 15 is 0 Å². The normalized spacial score (nSPS) is 11.2. The van der Waals surface area contributed by atoms with Crippen molar-refractivity contribution in [2.24, 2.45) is 5.73 Å². The summed E-state index contributed by atoms with van der Waals surface area (Å²) < 4.78 is 37.8. The first-order valence-electron chi connectivity index (χ1n) is 5.57. The second-order valence-electron chi connectivity index (χ2n) is 3.98. The number of alkyl halides is 3. The van der Waals surface area contributed by atoms with Gasteiger partial charge in [-0.1, -0.05) is 24.4 Å². The number of aromatic nitrogens is 1. The summed E-state index contributed by atoms with van der Waals surface area (Å²) in [5.74, 6) is 0.370. The van der Waals surface area contributed by atoms with Crippen molar-refractivity contribution in [2.75, 3.05) is 5.32 Å². The molecule has 0 aliphatic rings. The summed E-state index contributed by atoms with van der Waals surface area (Å²) in [5.41, 5.74) is 5.41. The van der Waals surface area contributed by atoms with Gasteiger partial charge in [0.15, 0.2) is 0 Å². The third-order valence-corrected chi connectivity index (χ3v) is 2.67. The Labute approximate surface area is 118 Å². The van der Waals surface area contributed by atoms with Crippen molar-refractivity contribution >= 4 is 28.7 Å².